The van der Waals surface area contributed by atoms with Crippen LogP contribution < -0.4 is 16.6 Å². The van der Waals surface area contributed by atoms with Gasteiger partial charge in [0.05, 0.1) is 17.4 Å². The zero-order valence-electron chi connectivity index (χ0n) is 19.1. The summed E-state index contributed by atoms with van der Waals surface area (Å²) in [6, 6.07) is 11.2. The Morgan fingerprint density at radius 3 is 2.61 bits per heavy atom. The predicted octanol–water partition coefficient (Wildman–Crippen LogP) is 2.69. The van der Waals surface area contributed by atoms with Crippen LogP contribution in [0.3, 0.4) is 0 Å². The Bertz CT molecular complexity index is 1520. The number of aromatic nitrogens is 4. The quantitative estimate of drug-likeness (QED) is 0.523. The SMILES string of the molecule is Cc1ccc(C)c(Cn2nc3n(C)c(=O)c4ccc(C(=O)NC5CCCC5)cc4n3c2=O)c1. The summed E-state index contributed by atoms with van der Waals surface area (Å²) in [5, 5.41) is 7.91. The fourth-order valence-electron chi connectivity index (χ4n) is 4.71. The first-order chi connectivity index (χ1) is 15.8. The molecule has 2 aromatic carbocycles. The fourth-order valence-corrected chi connectivity index (χ4v) is 4.71. The molecule has 0 atom stereocenters. The molecule has 170 valence electrons. The lowest BCUT2D eigenvalue weighted by atomic mass is 10.1. The molecule has 0 aliphatic heterocycles. The Hall–Kier alpha value is -3.68. The number of carbonyl (C=O) groups is 1. The highest BCUT2D eigenvalue weighted by atomic mass is 16.2. The number of benzene rings is 2. The van der Waals surface area contributed by atoms with Gasteiger partial charge in [0.25, 0.3) is 11.5 Å². The second-order valence-corrected chi connectivity index (χ2v) is 9.06. The molecule has 0 radical (unpaired) electrons. The van der Waals surface area contributed by atoms with E-state index in [0.717, 1.165) is 42.4 Å². The Kier molecular flexibility index (Phi) is 5.15. The molecule has 0 bridgehead atoms. The van der Waals surface area contributed by atoms with Crippen LogP contribution in [-0.2, 0) is 13.6 Å². The van der Waals surface area contributed by atoms with E-state index < -0.39 is 0 Å². The molecule has 33 heavy (non-hydrogen) atoms. The molecule has 2 heterocycles. The zero-order valence-corrected chi connectivity index (χ0v) is 19.1. The van der Waals surface area contributed by atoms with Crippen LogP contribution in [0.25, 0.3) is 16.7 Å². The number of amides is 1. The van der Waals surface area contributed by atoms with Crippen molar-refractivity contribution in [3.63, 3.8) is 0 Å². The van der Waals surface area contributed by atoms with Gasteiger partial charge < -0.3 is 5.32 Å². The molecule has 1 aliphatic carbocycles. The largest absolute Gasteiger partial charge is 0.352 e. The Morgan fingerprint density at radius 1 is 1.09 bits per heavy atom. The first kappa shape index (κ1) is 21.2. The van der Waals surface area contributed by atoms with Crippen LogP contribution in [0.4, 0.5) is 0 Å². The van der Waals surface area contributed by atoms with Gasteiger partial charge in [-0.3, -0.25) is 14.2 Å². The average molecular weight is 446 g/mol. The van der Waals surface area contributed by atoms with Crippen molar-refractivity contribution in [2.75, 3.05) is 0 Å². The molecule has 1 amide bonds. The maximum Gasteiger partial charge on any atom is 0.352 e. The van der Waals surface area contributed by atoms with Gasteiger partial charge in [0.2, 0.25) is 5.78 Å². The predicted molar refractivity (Wildman–Crippen MR) is 127 cm³/mol. The van der Waals surface area contributed by atoms with E-state index in [1.165, 1.54) is 13.6 Å². The number of hydrogen-bond donors (Lipinski definition) is 1. The molecule has 0 unspecified atom stereocenters. The summed E-state index contributed by atoms with van der Waals surface area (Å²) < 4.78 is 4.18. The molecule has 4 aromatic rings. The first-order valence-corrected chi connectivity index (χ1v) is 11.3. The van der Waals surface area contributed by atoms with Crippen molar-refractivity contribution in [3.8, 4) is 0 Å². The lowest BCUT2D eigenvalue weighted by Crippen LogP contribution is -2.32. The minimum atomic E-state index is -0.347. The Balaban J connectivity index is 1.65. The van der Waals surface area contributed by atoms with Gasteiger partial charge in [-0.05, 0) is 56.0 Å². The van der Waals surface area contributed by atoms with Crippen molar-refractivity contribution in [1.29, 1.82) is 0 Å². The number of aryl methyl sites for hydroxylation is 3. The van der Waals surface area contributed by atoms with Gasteiger partial charge in [-0.1, -0.05) is 36.6 Å². The van der Waals surface area contributed by atoms with Crippen LogP contribution >= 0.6 is 0 Å². The van der Waals surface area contributed by atoms with E-state index in [0.29, 0.717) is 23.0 Å². The minimum absolute atomic E-state index is 0.180. The third kappa shape index (κ3) is 3.65. The van der Waals surface area contributed by atoms with E-state index in [-0.39, 0.29) is 29.0 Å². The molecule has 1 aliphatic rings. The van der Waals surface area contributed by atoms with Crippen LogP contribution in [0.15, 0.2) is 46.0 Å². The molecule has 2 aromatic heterocycles. The van der Waals surface area contributed by atoms with Crippen LogP contribution in [0.1, 0.15) is 52.7 Å². The summed E-state index contributed by atoms with van der Waals surface area (Å²) in [5.41, 5.74) is 3.37. The summed E-state index contributed by atoms with van der Waals surface area (Å²) in [7, 11) is 1.60. The number of hydrogen-bond acceptors (Lipinski definition) is 4. The van der Waals surface area contributed by atoms with Gasteiger partial charge in [-0.25, -0.2) is 13.9 Å². The third-order valence-electron chi connectivity index (χ3n) is 6.67. The molecule has 1 fully saturated rings. The summed E-state index contributed by atoms with van der Waals surface area (Å²) in [6.07, 6.45) is 4.20. The smallest absolute Gasteiger partial charge is 0.349 e. The summed E-state index contributed by atoms with van der Waals surface area (Å²) in [6.45, 7) is 4.30. The van der Waals surface area contributed by atoms with E-state index in [1.807, 2.05) is 32.0 Å². The van der Waals surface area contributed by atoms with Crippen molar-refractivity contribution >= 4 is 22.6 Å². The Morgan fingerprint density at radius 2 is 1.85 bits per heavy atom. The van der Waals surface area contributed by atoms with Crippen LogP contribution in [0, 0.1) is 13.8 Å². The van der Waals surface area contributed by atoms with Gasteiger partial charge in [-0.15, -0.1) is 5.10 Å². The van der Waals surface area contributed by atoms with E-state index >= 15 is 0 Å². The highest BCUT2D eigenvalue weighted by Crippen LogP contribution is 2.19. The summed E-state index contributed by atoms with van der Waals surface area (Å²) in [5.74, 6) is 0.0598. The molecular weight excluding hydrogens is 418 g/mol. The van der Waals surface area contributed by atoms with Gasteiger partial charge >= 0.3 is 5.69 Å². The number of nitrogens with one attached hydrogen (secondary N) is 1. The number of carbonyl (C=O) groups excluding carboxylic acids is 1. The van der Waals surface area contributed by atoms with E-state index in [1.54, 1.807) is 25.2 Å². The zero-order chi connectivity index (χ0) is 23.3. The summed E-state index contributed by atoms with van der Waals surface area (Å²) in [4.78, 5) is 39.2. The van der Waals surface area contributed by atoms with Crippen molar-refractivity contribution in [1.82, 2.24) is 24.1 Å². The topological polar surface area (TPSA) is 90.4 Å². The molecule has 8 heteroatoms. The second kappa shape index (κ2) is 8.03. The number of nitrogens with zero attached hydrogens (tertiary/aromatic N) is 4. The van der Waals surface area contributed by atoms with E-state index in [4.69, 9.17) is 0 Å². The normalized spacial score (nSPS) is 14.4. The van der Waals surface area contributed by atoms with Crippen molar-refractivity contribution < 1.29 is 4.79 Å². The molecule has 1 saturated carbocycles. The van der Waals surface area contributed by atoms with Crippen LogP contribution in [0.5, 0.6) is 0 Å². The second-order valence-electron chi connectivity index (χ2n) is 9.06. The maximum absolute atomic E-state index is 13.4. The first-order valence-electron chi connectivity index (χ1n) is 11.3. The Labute approximate surface area is 190 Å². The molecule has 5 rings (SSSR count). The molecular formula is C25H27N5O3. The molecule has 1 N–H and O–H groups in total. The van der Waals surface area contributed by atoms with Crippen molar-refractivity contribution in [3.05, 3.63) is 79.5 Å². The van der Waals surface area contributed by atoms with E-state index in [9.17, 15) is 14.4 Å². The van der Waals surface area contributed by atoms with Crippen molar-refractivity contribution in [2.24, 2.45) is 7.05 Å². The minimum Gasteiger partial charge on any atom is -0.349 e. The van der Waals surface area contributed by atoms with Gasteiger partial charge in [0.1, 0.15) is 0 Å². The standard InChI is InChI=1S/C25H27N5O3/c1-15-8-9-16(2)18(12-15)14-29-25(33)30-21-13-17(22(31)26-19-6-4-5-7-19)10-11-20(21)23(32)28(3)24(30)27-29/h8-13,19H,4-7,14H2,1-3H3,(H,26,31). The van der Waals surface area contributed by atoms with Crippen molar-refractivity contribution in [2.45, 2.75) is 52.1 Å². The number of fused-ring (bicyclic) bond motifs is 3. The molecule has 0 spiro atoms. The average Bonchev–Trinajstić information content (AvgIpc) is 3.42. The summed E-state index contributed by atoms with van der Waals surface area (Å²) >= 11 is 0. The van der Waals surface area contributed by atoms with Gasteiger partial charge in [-0.2, -0.15) is 0 Å². The van der Waals surface area contributed by atoms with Gasteiger partial charge in [0, 0.05) is 18.7 Å². The van der Waals surface area contributed by atoms with E-state index in [2.05, 4.69) is 10.4 Å². The highest BCUT2D eigenvalue weighted by Gasteiger charge is 2.20. The number of rotatable bonds is 4. The van der Waals surface area contributed by atoms with Crippen LogP contribution in [0.2, 0.25) is 0 Å². The van der Waals surface area contributed by atoms with Crippen LogP contribution in [-0.4, -0.2) is 30.7 Å². The third-order valence-corrected chi connectivity index (χ3v) is 6.67. The molecule has 0 saturated heterocycles. The fraction of sp³-hybridized carbons (Fsp3) is 0.360. The lowest BCUT2D eigenvalue weighted by molar-refractivity contribution is 0.0938. The van der Waals surface area contributed by atoms with Gasteiger partial charge in [0.15, 0.2) is 0 Å². The molecule has 8 nitrogen and oxygen atoms in total. The maximum atomic E-state index is 13.4. The monoisotopic (exact) mass is 445 g/mol. The lowest BCUT2D eigenvalue weighted by Gasteiger charge is -2.12. The highest BCUT2D eigenvalue weighted by molar-refractivity contribution is 5.98.